The number of pyridine rings is 1. The molecule has 1 aromatic carbocycles. The van der Waals surface area contributed by atoms with Crippen LogP contribution in [0, 0.1) is 11.8 Å². The van der Waals surface area contributed by atoms with Gasteiger partial charge in [-0.25, -0.2) is 17.5 Å². The van der Waals surface area contributed by atoms with Crippen molar-refractivity contribution in [2.24, 2.45) is 0 Å². The minimum Gasteiger partial charge on any atom is -0.495 e. The molecular formula is C26H29F4N5O3S2. The van der Waals surface area contributed by atoms with Crippen molar-refractivity contribution in [3.8, 4) is 17.6 Å². The number of methoxy groups -OCH3 is 1. The molecule has 3 heterocycles. The van der Waals surface area contributed by atoms with Gasteiger partial charge >= 0.3 is 5.51 Å². The summed E-state index contributed by atoms with van der Waals surface area (Å²) in [4.78, 5) is 1.90. The second-order valence-electron chi connectivity index (χ2n) is 9.13. The summed E-state index contributed by atoms with van der Waals surface area (Å²) in [7, 11) is 0.855. The predicted octanol–water partition coefficient (Wildman–Crippen LogP) is 4.39. The van der Waals surface area contributed by atoms with Crippen molar-refractivity contribution < 1.29 is 30.7 Å². The number of thioether (sulfide) groups is 1. The number of anilines is 2. The highest BCUT2D eigenvalue weighted by molar-refractivity contribution is 8.00. The number of ether oxygens (including phenoxy) is 1. The number of alkyl halides is 4. The molecule has 2 atom stereocenters. The Kier molecular flexibility index (Phi) is 9.09. The number of likely N-dealkylation sites (tertiary alicyclic amines) is 1. The average molecular weight is 600 g/mol. The van der Waals surface area contributed by atoms with Gasteiger partial charge in [0.05, 0.1) is 47.0 Å². The van der Waals surface area contributed by atoms with E-state index in [-0.39, 0.29) is 40.3 Å². The van der Waals surface area contributed by atoms with E-state index in [4.69, 9.17) is 4.74 Å². The Balaban J connectivity index is 1.63. The summed E-state index contributed by atoms with van der Waals surface area (Å²) in [5.41, 5.74) is -3.09. The minimum atomic E-state index is -4.56. The highest BCUT2D eigenvalue weighted by Gasteiger charge is 2.33. The molecule has 3 N–H and O–H groups in total. The van der Waals surface area contributed by atoms with E-state index in [0.29, 0.717) is 35.6 Å². The molecule has 3 aromatic rings. The Morgan fingerprint density at radius 1 is 1.20 bits per heavy atom. The van der Waals surface area contributed by atoms with Crippen LogP contribution in [0.25, 0.3) is 5.52 Å². The van der Waals surface area contributed by atoms with E-state index in [1.54, 1.807) is 18.2 Å². The van der Waals surface area contributed by atoms with Gasteiger partial charge in [0.25, 0.3) is 0 Å². The Hall–Kier alpha value is -3.12. The lowest BCUT2D eigenvalue weighted by atomic mass is 10.0. The molecule has 1 aliphatic heterocycles. The third kappa shape index (κ3) is 6.95. The summed E-state index contributed by atoms with van der Waals surface area (Å²) >= 11 is -0.275. The molecule has 2 aromatic heterocycles. The Morgan fingerprint density at radius 2 is 1.98 bits per heavy atom. The first-order chi connectivity index (χ1) is 18.9. The number of piperidine rings is 1. The third-order valence-electron chi connectivity index (χ3n) is 6.40. The first-order valence-corrected chi connectivity index (χ1v) is 14.5. The molecule has 0 radical (unpaired) electrons. The van der Waals surface area contributed by atoms with Gasteiger partial charge in [0.1, 0.15) is 16.9 Å². The van der Waals surface area contributed by atoms with E-state index in [9.17, 15) is 26.0 Å². The van der Waals surface area contributed by atoms with E-state index < -0.39 is 27.7 Å². The van der Waals surface area contributed by atoms with Crippen molar-refractivity contribution in [3.05, 3.63) is 48.2 Å². The summed E-state index contributed by atoms with van der Waals surface area (Å²) < 4.78 is 88.4. The molecule has 40 heavy (non-hydrogen) atoms. The molecule has 1 saturated heterocycles. The third-order valence-corrected chi connectivity index (χ3v) is 8.66. The Labute approximate surface area is 234 Å². The van der Waals surface area contributed by atoms with Crippen molar-refractivity contribution in [1.29, 1.82) is 0 Å². The molecule has 0 saturated carbocycles. The number of halogens is 4. The van der Waals surface area contributed by atoms with Crippen LogP contribution >= 0.6 is 11.8 Å². The molecule has 0 amide bonds. The smallest absolute Gasteiger partial charge is 0.447 e. The first kappa shape index (κ1) is 29.9. The number of hydrogen-bond donors (Lipinski definition) is 3. The second-order valence-corrected chi connectivity index (χ2v) is 12.1. The molecular weight excluding hydrogens is 570 g/mol. The van der Waals surface area contributed by atoms with Gasteiger partial charge in [-0.3, -0.25) is 0 Å². The minimum absolute atomic E-state index is 0.00798. The lowest BCUT2D eigenvalue weighted by Gasteiger charge is -2.33. The fourth-order valence-corrected chi connectivity index (χ4v) is 5.86. The van der Waals surface area contributed by atoms with Gasteiger partial charge in [-0.2, -0.15) is 13.2 Å². The van der Waals surface area contributed by atoms with Gasteiger partial charge in [-0.15, -0.1) is 0 Å². The van der Waals surface area contributed by atoms with Crippen LogP contribution in [0.3, 0.4) is 0 Å². The van der Waals surface area contributed by atoms with Crippen LogP contribution in [0.15, 0.2) is 52.5 Å². The van der Waals surface area contributed by atoms with Crippen LogP contribution in [0.1, 0.15) is 12.0 Å². The van der Waals surface area contributed by atoms with Gasteiger partial charge in [0.15, 0.2) is 0 Å². The summed E-state index contributed by atoms with van der Waals surface area (Å²) in [5.74, 6) is 5.98. The van der Waals surface area contributed by atoms with Crippen LogP contribution in [-0.4, -0.2) is 76.3 Å². The average Bonchev–Trinajstić information content (AvgIpc) is 3.24. The number of nitrogens with zero attached hydrogens (tertiary/aromatic N) is 2. The zero-order valence-corrected chi connectivity index (χ0v) is 23.6. The highest BCUT2D eigenvalue weighted by atomic mass is 32.2. The molecule has 0 unspecified atom stereocenters. The maximum atomic E-state index is 14.7. The van der Waals surface area contributed by atoms with Gasteiger partial charge in [-0.05, 0) is 56.9 Å². The summed E-state index contributed by atoms with van der Waals surface area (Å²) in [6.45, 7) is 0.969. The van der Waals surface area contributed by atoms with Gasteiger partial charge < -0.3 is 24.7 Å². The van der Waals surface area contributed by atoms with E-state index >= 15 is 0 Å². The highest BCUT2D eigenvalue weighted by Crippen LogP contribution is 2.41. The monoisotopic (exact) mass is 599 g/mol. The standard InChI is InChI=1S/C26H29F4N5O3S2/c1-31-40(36,37)18-8-9-24(38-3)22(15-18)32-11-4-6-17-14-23-21(33-20-10-13-34(2)16-19(20)27)7-5-12-35(23)25(17)39-26(28,29)30/h5,7-9,12,14-15,19-20,31-33H,10-11,13,16H2,1-3H3/t19-,20+/m0/s1. The van der Waals surface area contributed by atoms with Crippen molar-refractivity contribution in [2.75, 3.05) is 51.5 Å². The van der Waals surface area contributed by atoms with Gasteiger partial charge in [-0.1, -0.05) is 11.8 Å². The number of rotatable bonds is 8. The van der Waals surface area contributed by atoms with Crippen LogP contribution in [-0.2, 0) is 10.0 Å². The first-order valence-electron chi connectivity index (χ1n) is 12.2. The lowest BCUT2D eigenvalue weighted by Crippen LogP contribution is -2.46. The molecule has 14 heteroatoms. The largest absolute Gasteiger partial charge is 0.495 e. The number of fused-ring (bicyclic) bond motifs is 1. The van der Waals surface area contributed by atoms with Gasteiger partial charge in [0, 0.05) is 31.0 Å². The number of aromatic nitrogens is 1. The number of benzene rings is 1. The molecule has 216 valence electrons. The summed E-state index contributed by atoms with van der Waals surface area (Å²) in [6.07, 6.45) is 0.947. The maximum Gasteiger partial charge on any atom is 0.447 e. The van der Waals surface area contributed by atoms with Crippen molar-refractivity contribution in [1.82, 2.24) is 14.0 Å². The zero-order valence-electron chi connectivity index (χ0n) is 22.0. The van der Waals surface area contributed by atoms with E-state index in [0.717, 1.165) is 0 Å². The van der Waals surface area contributed by atoms with Crippen LogP contribution in [0.2, 0.25) is 0 Å². The van der Waals surface area contributed by atoms with Crippen LogP contribution < -0.4 is 20.1 Å². The lowest BCUT2D eigenvalue weighted by molar-refractivity contribution is -0.0329. The zero-order chi connectivity index (χ0) is 29.1. The number of sulfonamides is 1. The number of hydrogen-bond acceptors (Lipinski definition) is 7. The van der Waals surface area contributed by atoms with Gasteiger partial charge in [0.2, 0.25) is 10.0 Å². The molecule has 0 bridgehead atoms. The van der Waals surface area contributed by atoms with Crippen molar-refractivity contribution >= 4 is 38.7 Å². The fraction of sp³-hybridized carbons (Fsp3) is 0.385. The molecule has 4 rings (SSSR count). The SMILES string of the molecule is CNS(=O)(=O)c1ccc(OC)c(NCC#Cc2cc3c(N[C@@H]4CCN(C)C[C@@H]4F)cccn3c2SC(F)(F)F)c1. The van der Waals surface area contributed by atoms with Crippen molar-refractivity contribution in [2.45, 2.75) is 34.1 Å². The molecule has 1 aliphatic rings. The Bertz CT molecular complexity index is 1530. The van der Waals surface area contributed by atoms with Crippen LogP contribution in [0.5, 0.6) is 5.75 Å². The van der Waals surface area contributed by atoms with E-state index in [1.807, 2.05) is 11.9 Å². The molecule has 0 aliphatic carbocycles. The maximum absolute atomic E-state index is 14.7. The Morgan fingerprint density at radius 3 is 2.65 bits per heavy atom. The molecule has 0 spiro atoms. The summed E-state index contributed by atoms with van der Waals surface area (Å²) in [6, 6.07) is 8.65. The van der Waals surface area contributed by atoms with Crippen molar-refractivity contribution in [3.63, 3.8) is 0 Å². The number of nitrogens with one attached hydrogen (secondary N) is 3. The topological polar surface area (TPSA) is 87.1 Å². The second kappa shape index (κ2) is 12.2. The fourth-order valence-electron chi connectivity index (χ4n) is 4.41. The normalized spacial score (nSPS) is 18.3. The molecule has 8 nitrogen and oxygen atoms in total. The molecule has 1 fully saturated rings. The quantitative estimate of drug-likeness (QED) is 0.201. The summed E-state index contributed by atoms with van der Waals surface area (Å²) in [5, 5.41) is 6.03. The van der Waals surface area contributed by atoms with E-state index in [1.165, 1.54) is 43.0 Å². The van der Waals surface area contributed by atoms with Crippen LogP contribution in [0.4, 0.5) is 28.9 Å². The predicted molar refractivity (Wildman–Crippen MR) is 148 cm³/mol. The van der Waals surface area contributed by atoms with E-state index in [2.05, 4.69) is 27.2 Å².